The maximum absolute atomic E-state index is 13.3. The molecule has 1 aliphatic carbocycles. The van der Waals surface area contributed by atoms with E-state index >= 15 is 0 Å². The van der Waals surface area contributed by atoms with Gasteiger partial charge < -0.3 is 14.2 Å². The first-order valence-electron chi connectivity index (χ1n) is 10.7. The van der Waals surface area contributed by atoms with E-state index in [1.807, 2.05) is 32.9 Å². The normalized spacial score (nSPS) is 14.3. The van der Waals surface area contributed by atoms with E-state index in [9.17, 15) is 14.0 Å². The van der Waals surface area contributed by atoms with Crippen molar-refractivity contribution in [2.24, 2.45) is 5.92 Å². The third kappa shape index (κ3) is 5.71. The predicted molar refractivity (Wildman–Crippen MR) is 113 cm³/mol. The third-order valence-corrected chi connectivity index (χ3v) is 5.70. The van der Waals surface area contributed by atoms with Crippen LogP contribution in [0.3, 0.4) is 0 Å². The number of amides is 2. The summed E-state index contributed by atoms with van der Waals surface area (Å²) in [5.41, 5.74) is 0.825. The molecule has 162 valence electrons. The highest BCUT2D eigenvalue weighted by Crippen LogP contribution is 2.27. The van der Waals surface area contributed by atoms with Crippen LogP contribution in [0, 0.1) is 18.7 Å². The number of carbonyl (C=O) groups is 2. The molecule has 0 bridgehead atoms. The van der Waals surface area contributed by atoms with Gasteiger partial charge in [0.15, 0.2) is 0 Å². The minimum atomic E-state index is -0.313. The zero-order valence-corrected chi connectivity index (χ0v) is 18.1. The van der Waals surface area contributed by atoms with Crippen LogP contribution in [0.4, 0.5) is 4.39 Å². The van der Waals surface area contributed by atoms with Crippen LogP contribution in [-0.2, 0) is 22.7 Å². The molecule has 2 amide bonds. The lowest BCUT2D eigenvalue weighted by molar-refractivity contribution is -0.145. The summed E-state index contributed by atoms with van der Waals surface area (Å²) in [4.78, 5) is 29.6. The molecule has 30 heavy (non-hydrogen) atoms. The fraction of sp³-hybridized carbons (Fsp3) is 0.500. The lowest BCUT2D eigenvalue weighted by Gasteiger charge is -2.31. The number of furan rings is 1. The molecular formula is C24H31FN2O3. The Balaban J connectivity index is 1.76. The molecule has 1 aromatic carbocycles. The second-order valence-electron chi connectivity index (χ2n) is 8.43. The van der Waals surface area contributed by atoms with Crippen LogP contribution in [0.5, 0.6) is 0 Å². The molecule has 1 aromatic heterocycles. The summed E-state index contributed by atoms with van der Waals surface area (Å²) in [7, 11) is 0. The number of rotatable bonds is 8. The first-order chi connectivity index (χ1) is 14.3. The predicted octanol–water partition coefficient (Wildman–Crippen LogP) is 4.68. The van der Waals surface area contributed by atoms with E-state index in [1.54, 1.807) is 21.9 Å². The molecule has 3 rings (SSSR count). The minimum Gasteiger partial charge on any atom is -0.464 e. The van der Waals surface area contributed by atoms with Gasteiger partial charge in [0, 0.05) is 18.5 Å². The van der Waals surface area contributed by atoms with Crippen molar-refractivity contribution in [3.63, 3.8) is 0 Å². The molecule has 0 saturated heterocycles. The van der Waals surface area contributed by atoms with Crippen molar-refractivity contribution in [1.29, 1.82) is 0 Å². The highest BCUT2D eigenvalue weighted by atomic mass is 19.1. The maximum atomic E-state index is 13.3. The summed E-state index contributed by atoms with van der Waals surface area (Å²) >= 11 is 0. The number of carbonyl (C=O) groups excluding carboxylic acids is 2. The Morgan fingerprint density at radius 3 is 2.30 bits per heavy atom. The standard InChI is InChI=1S/C24H31FN2O3/c1-17(2)27(24(29)20-6-4-5-7-20)16-23(28)26(15-22-13-8-18(3)30-22)14-19-9-11-21(25)12-10-19/h8-13,17,20H,4-7,14-16H2,1-3H3. The van der Waals surface area contributed by atoms with Crippen LogP contribution in [0.1, 0.15) is 56.6 Å². The minimum absolute atomic E-state index is 0.0264. The third-order valence-electron chi connectivity index (χ3n) is 5.70. The average molecular weight is 415 g/mol. The monoisotopic (exact) mass is 414 g/mol. The summed E-state index contributed by atoms with van der Waals surface area (Å²) in [6.45, 7) is 6.40. The molecule has 6 heteroatoms. The van der Waals surface area contributed by atoms with E-state index in [1.165, 1.54) is 12.1 Å². The van der Waals surface area contributed by atoms with Crippen molar-refractivity contribution in [3.8, 4) is 0 Å². The summed E-state index contributed by atoms with van der Waals surface area (Å²) in [5.74, 6) is 1.10. The number of benzene rings is 1. The Hall–Kier alpha value is -2.63. The van der Waals surface area contributed by atoms with E-state index in [2.05, 4.69) is 0 Å². The zero-order valence-electron chi connectivity index (χ0n) is 18.1. The molecule has 0 aliphatic heterocycles. The second-order valence-corrected chi connectivity index (χ2v) is 8.43. The van der Waals surface area contributed by atoms with Crippen molar-refractivity contribution in [2.75, 3.05) is 6.54 Å². The smallest absolute Gasteiger partial charge is 0.242 e. The molecule has 1 saturated carbocycles. The van der Waals surface area contributed by atoms with Crippen molar-refractivity contribution < 1.29 is 18.4 Å². The van der Waals surface area contributed by atoms with Gasteiger partial charge in [0.2, 0.25) is 11.8 Å². The molecule has 0 unspecified atom stereocenters. The van der Waals surface area contributed by atoms with Gasteiger partial charge in [0.25, 0.3) is 0 Å². The van der Waals surface area contributed by atoms with E-state index in [-0.39, 0.29) is 36.1 Å². The van der Waals surface area contributed by atoms with Gasteiger partial charge in [-0.15, -0.1) is 0 Å². The number of nitrogens with zero attached hydrogens (tertiary/aromatic N) is 2. The van der Waals surface area contributed by atoms with Crippen LogP contribution in [0.25, 0.3) is 0 Å². The number of aryl methyl sites for hydroxylation is 1. The van der Waals surface area contributed by atoms with Gasteiger partial charge in [0.1, 0.15) is 23.9 Å². The summed E-state index contributed by atoms with van der Waals surface area (Å²) in [5, 5.41) is 0. The first-order valence-corrected chi connectivity index (χ1v) is 10.7. The number of hydrogen-bond acceptors (Lipinski definition) is 3. The molecule has 1 heterocycles. The van der Waals surface area contributed by atoms with E-state index < -0.39 is 0 Å². The van der Waals surface area contributed by atoms with Crippen LogP contribution in [0.2, 0.25) is 0 Å². The van der Waals surface area contributed by atoms with E-state index in [0.29, 0.717) is 18.8 Å². The fourth-order valence-corrected chi connectivity index (χ4v) is 3.97. The zero-order chi connectivity index (χ0) is 21.7. The average Bonchev–Trinajstić information content (AvgIpc) is 3.38. The number of halogens is 1. The maximum Gasteiger partial charge on any atom is 0.242 e. The van der Waals surface area contributed by atoms with Crippen molar-refractivity contribution in [1.82, 2.24) is 9.80 Å². The van der Waals surface area contributed by atoms with Gasteiger partial charge in [-0.2, -0.15) is 0 Å². The summed E-state index contributed by atoms with van der Waals surface area (Å²) in [6.07, 6.45) is 3.96. The van der Waals surface area contributed by atoms with Gasteiger partial charge >= 0.3 is 0 Å². The quantitative estimate of drug-likeness (QED) is 0.630. The Labute approximate surface area is 177 Å². The summed E-state index contributed by atoms with van der Waals surface area (Å²) < 4.78 is 19.0. The Kier molecular flexibility index (Phi) is 7.29. The molecule has 0 N–H and O–H groups in total. The van der Waals surface area contributed by atoms with Gasteiger partial charge in [-0.1, -0.05) is 25.0 Å². The lowest BCUT2D eigenvalue weighted by atomic mass is 10.1. The van der Waals surface area contributed by atoms with Gasteiger partial charge in [0.05, 0.1) is 6.54 Å². The molecule has 1 fully saturated rings. The number of hydrogen-bond donors (Lipinski definition) is 0. The SMILES string of the molecule is Cc1ccc(CN(Cc2ccc(F)cc2)C(=O)CN(C(=O)C2CCCC2)C(C)C)o1. The Bertz CT molecular complexity index is 854. The van der Waals surface area contributed by atoms with Crippen LogP contribution >= 0.6 is 0 Å². The van der Waals surface area contributed by atoms with Gasteiger partial charge in [-0.25, -0.2) is 4.39 Å². The highest BCUT2D eigenvalue weighted by molar-refractivity contribution is 5.86. The van der Waals surface area contributed by atoms with E-state index in [4.69, 9.17) is 4.42 Å². The van der Waals surface area contributed by atoms with Crippen molar-refractivity contribution in [3.05, 3.63) is 59.3 Å². The largest absolute Gasteiger partial charge is 0.464 e. The molecule has 0 radical (unpaired) electrons. The molecule has 1 aliphatic rings. The first kappa shape index (κ1) is 22.1. The molecule has 0 spiro atoms. The molecule has 5 nitrogen and oxygen atoms in total. The van der Waals surface area contributed by atoms with Crippen molar-refractivity contribution in [2.45, 2.75) is 65.6 Å². The lowest BCUT2D eigenvalue weighted by Crippen LogP contribution is -2.47. The van der Waals surface area contributed by atoms with Gasteiger partial charge in [-0.3, -0.25) is 9.59 Å². The molecular weight excluding hydrogens is 383 g/mol. The van der Waals surface area contributed by atoms with Gasteiger partial charge in [-0.05, 0) is 63.4 Å². The highest BCUT2D eigenvalue weighted by Gasteiger charge is 2.31. The fourth-order valence-electron chi connectivity index (χ4n) is 3.97. The Morgan fingerprint density at radius 2 is 1.73 bits per heavy atom. The topological polar surface area (TPSA) is 53.8 Å². The van der Waals surface area contributed by atoms with Crippen LogP contribution in [-0.4, -0.2) is 34.2 Å². The molecule has 0 atom stereocenters. The van der Waals surface area contributed by atoms with E-state index in [0.717, 1.165) is 37.0 Å². The van der Waals surface area contributed by atoms with Crippen molar-refractivity contribution >= 4 is 11.8 Å². The molecule has 2 aromatic rings. The summed E-state index contributed by atoms with van der Waals surface area (Å²) in [6, 6.07) is 9.78. The Morgan fingerprint density at radius 1 is 1.07 bits per heavy atom. The second kappa shape index (κ2) is 9.92. The van der Waals surface area contributed by atoms with Crippen LogP contribution < -0.4 is 0 Å². The van der Waals surface area contributed by atoms with Crippen LogP contribution in [0.15, 0.2) is 40.8 Å².